The van der Waals surface area contributed by atoms with E-state index in [1.54, 1.807) is 0 Å². The molecular weight excluding hydrogens is 414 g/mol. The molecule has 1 aliphatic carbocycles. The van der Waals surface area contributed by atoms with Gasteiger partial charge in [0, 0.05) is 38.3 Å². The standard InChI is InChI=1S/C20H22F2N4O5/c21-14-5-12-16(27)13(19(28)29)9-26(11-1-2-11)18(12)24-17(14)20(30)3-4-25(31)8-10(6-20)15(22)7-23/h5,9,11,30-31H,1-4,6-8,23H2,(H,28,29)/b15-10-. The van der Waals surface area contributed by atoms with E-state index in [0.29, 0.717) is 0 Å². The molecule has 0 bridgehead atoms. The summed E-state index contributed by atoms with van der Waals surface area (Å²) in [5, 5.41) is 31.2. The van der Waals surface area contributed by atoms with Gasteiger partial charge in [0.25, 0.3) is 0 Å². The number of carboxylic acid groups (broad SMARTS) is 1. The number of aromatic nitrogens is 2. The van der Waals surface area contributed by atoms with Crippen LogP contribution in [-0.2, 0) is 5.60 Å². The Balaban J connectivity index is 1.93. The summed E-state index contributed by atoms with van der Waals surface area (Å²) in [4.78, 5) is 28.3. The van der Waals surface area contributed by atoms with Crippen molar-refractivity contribution >= 4 is 17.0 Å². The number of hydrogen-bond acceptors (Lipinski definition) is 7. The lowest BCUT2D eigenvalue weighted by Gasteiger charge is -2.27. The van der Waals surface area contributed by atoms with E-state index < -0.39 is 46.4 Å². The summed E-state index contributed by atoms with van der Waals surface area (Å²) in [7, 11) is 0. The summed E-state index contributed by atoms with van der Waals surface area (Å²) in [5.41, 5.74) is 1.70. The first-order chi connectivity index (χ1) is 14.6. The summed E-state index contributed by atoms with van der Waals surface area (Å²) in [6, 6.07) is 0.780. The predicted molar refractivity (Wildman–Crippen MR) is 105 cm³/mol. The number of fused-ring (bicyclic) bond motifs is 1. The molecule has 4 rings (SSSR count). The Labute approximate surface area is 175 Å². The number of carbonyl (C=O) groups is 1. The van der Waals surface area contributed by atoms with Gasteiger partial charge in [-0.15, -0.1) is 0 Å². The minimum atomic E-state index is -1.96. The van der Waals surface area contributed by atoms with E-state index in [9.17, 15) is 29.4 Å². The van der Waals surface area contributed by atoms with E-state index in [1.165, 1.54) is 10.8 Å². The Morgan fingerprint density at radius 3 is 2.71 bits per heavy atom. The number of nitrogens with two attached hydrogens (primary N) is 1. The van der Waals surface area contributed by atoms with Gasteiger partial charge >= 0.3 is 5.97 Å². The van der Waals surface area contributed by atoms with Crippen LogP contribution in [-0.4, -0.2) is 55.6 Å². The molecule has 2 aromatic heterocycles. The molecule has 0 aromatic carbocycles. The van der Waals surface area contributed by atoms with Crippen LogP contribution in [0.3, 0.4) is 0 Å². The molecule has 1 unspecified atom stereocenters. The van der Waals surface area contributed by atoms with Crippen LogP contribution in [0, 0.1) is 5.82 Å². The highest BCUT2D eigenvalue weighted by molar-refractivity contribution is 5.91. The van der Waals surface area contributed by atoms with Gasteiger partial charge in [0.2, 0.25) is 5.43 Å². The Morgan fingerprint density at radius 2 is 2.10 bits per heavy atom. The quantitative estimate of drug-likeness (QED) is 0.564. The first-order valence-corrected chi connectivity index (χ1v) is 9.86. The Kier molecular flexibility index (Phi) is 5.38. The fraction of sp³-hybridized carbons (Fsp3) is 0.450. The monoisotopic (exact) mass is 436 g/mol. The molecule has 166 valence electrons. The minimum Gasteiger partial charge on any atom is -0.477 e. The van der Waals surface area contributed by atoms with E-state index in [0.717, 1.165) is 24.0 Å². The Hall–Kier alpha value is -2.73. The van der Waals surface area contributed by atoms with Gasteiger partial charge in [-0.05, 0) is 30.9 Å². The fourth-order valence-electron chi connectivity index (χ4n) is 4.00. The van der Waals surface area contributed by atoms with Gasteiger partial charge in [0.15, 0.2) is 0 Å². The van der Waals surface area contributed by atoms with Crippen molar-refractivity contribution < 1.29 is 29.0 Å². The average Bonchev–Trinajstić information content (AvgIpc) is 3.57. The second-order valence-corrected chi connectivity index (χ2v) is 8.06. The van der Waals surface area contributed by atoms with Crippen LogP contribution < -0.4 is 11.2 Å². The SMILES string of the molecule is NC/C(F)=C1/CN(O)CCC(O)(c2nc3c(cc2F)c(=O)c(C(=O)O)cn3C2CC2)C1. The molecule has 31 heavy (non-hydrogen) atoms. The van der Waals surface area contributed by atoms with Crippen LogP contribution >= 0.6 is 0 Å². The number of nitrogens with zero attached hydrogens (tertiary/aromatic N) is 3. The second kappa shape index (κ2) is 7.75. The number of aliphatic hydroxyl groups is 1. The van der Waals surface area contributed by atoms with Gasteiger partial charge in [-0.1, -0.05) is 0 Å². The summed E-state index contributed by atoms with van der Waals surface area (Å²) in [5.74, 6) is -3.17. The number of aromatic carboxylic acids is 1. The van der Waals surface area contributed by atoms with Crippen molar-refractivity contribution in [3.8, 4) is 0 Å². The molecule has 2 fully saturated rings. The van der Waals surface area contributed by atoms with Crippen LogP contribution in [0.2, 0.25) is 0 Å². The lowest BCUT2D eigenvalue weighted by Crippen LogP contribution is -2.31. The van der Waals surface area contributed by atoms with E-state index in [2.05, 4.69) is 4.98 Å². The van der Waals surface area contributed by atoms with Crippen molar-refractivity contribution in [2.75, 3.05) is 19.6 Å². The largest absolute Gasteiger partial charge is 0.477 e. The van der Waals surface area contributed by atoms with Crippen molar-refractivity contribution in [3.63, 3.8) is 0 Å². The van der Waals surface area contributed by atoms with E-state index in [1.807, 2.05) is 0 Å². The first kappa shape index (κ1) is 21.5. The summed E-state index contributed by atoms with van der Waals surface area (Å²) in [6.07, 6.45) is 2.17. The van der Waals surface area contributed by atoms with Crippen LogP contribution in [0.25, 0.3) is 11.0 Å². The molecule has 9 nitrogen and oxygen atoms in total. The third-order valence-corrected chi connectivity index (χ3v) is 5.79. The van der Waals surface area contributed by atoms with Crippen molar-refractivity contribution in [3.05, 3.63) is 51.0 Å². The zero-order valence-electron chi connectivity index (χ0n) is 16.5. The molecule has 1 atom stereocenters. The Bertz CT molecular complexity index is 1160. The second-order valence-electron chi connectivity index (χ2n) is 8.06. The molecule has 0 radical (unpaired) electrons. The maximum atomic E-state index is 15.1. The number of hydrogen-bond donors (Lipinski definition) is 4. The molecule has 5 N–H and O–H groups in total. The molecule has 0 amide bonds. The highest BCUT2D eigenvalue weighted by Crippen LogP contribution is 2.39. The topological polar surface area (TPSA) is 142 Å². The van der Waals surface area contributed by atoms with Crippen molar-refractivity contribution in [2.45, 2.75) is 37.3 Å². The predicted octanol–water partition coefficient (Wildman–Crippen LogP) is 1.42. The third kappa shape index (κ3) is 3.85. The normalized spacial score (nSPS) is 24.3. The number of carboxylic acids is 1. The first-order valence-electron chi connectivity index (χ1n) is 9.86. The maximum Gasteiger partial charge on any atom is 0.341 e. The number of hydroxylamine groups is 2. The molecule has 1 aliphatic heterocycles. The molecule has 2 aromatic rings. The maximum absolute atomic E-state index is 15.1. The van der Waals surface area contributed by atoms with Gasteiger partial charge in [0.1, 0.15) is 34.1 Å². The van der Waals surface area contributed by atoms with E-state index >= 15 is 4.39 Å². The van der Waals surface area contributed by atoms with Crippen molar-refractivity contribution in [2.24, 2.45) is 5.73 Å². The van der Waals surface area contributed by atoms with Crippen LogP contribution in [0.15, 0.2) is 28.5 Å². The Morgan fingerprint density at radius 1 is 1.39 bits per heavy atom. The minimum absolute atomic E-state index is 0.0205. The zero-order chi connectivity index (χ0) is 22.5. The molecule has 11 heteroatoms. The smallest absolute Gasteiger partial charge is 0.341 e. The van der Waals surface area contributed by atoms with E-state index in [-0.39, 0.29) is 48.6 Å². The molecule has 0 spiro atoms. The lowest BCUT2D eigenvalue weighted by molar-refractivity contribution is -0.0902. The van der Waals surface area contributed by atoms with Gasteiger partial charge in [-0.2, -0.15) is 5.06 Å². The van der Waals surface area contributed by atoms with E-state index in [4.69, 9.17) is 5.73 Å². The summed E-state index contributed by atoms with van der Waals surface area (Å²) in [6.45, 7) is -0.717. The van der Waals surface area contributed by atoms with Gasteiger partial charge in [-0.3, -0.25) is 4.79 Å². The number of pyridine rings is 2. The van der Waals surface area contributed by atoms with Crippen LogP contribution in [0.5, 0.6) is 0 Å². The zero-order valence-corrected chi connectivity index (χ0v) is 16.5. The summed E-state index contributed by atoms with van der Waals surface area (Å²) < 4.78 is 30.9. The van der Waals surface area contributed by atoms with Crippen LogP contribution in [0.1, 0.15) is 47.8 Å². The van der Waals surface area contributed by atoms with Crippen molar-refractivity contribution in [1.29, 1.82) is 0 Å². The molecular formula is C20H22F2N4O5. The molecule has 1 saturated carbocycles. The lowest BCUT2D eigenvalue weighted by atomic mass is 9.87. The van der Waals surface area contributed by atoms with Gasteiger partial charge < -0.3 is 25.7 Å². The van der Waals surface area contributed by atoms with Crippen molar-refractivity contribution in [1.82, 2.24) is 14.6 Å². The molecule has 3 heterocycles. The summed E-state index contributed by atoms with van der Waals surface area (Å²) >= 11 is 0. The highest BCUT2D eigenvalue weighted by Gasteiger charge is 2.39. The fourth-order valence-corrected chi connectivity index (χ4v) is 4.00. The van der Waals surface area contributed by atoms with Crippen LogP contribution in [0.4, 0.5) is 8.78 Å². The van der Waals surface area contributed by atoms with Gasteiger partial charge in [0.05, 0.1) is 5.39 Å². The molecule has 2 aliphatic rings. The van der Waals surface area contributed by atoms with Gasteiger partial charge in [-0.25, -0.2) is 18.6 Å². The number of halogens is 2. The highest BCUT2D eigenvalue weighted by atomic mass is 19.1. The third-order valence-electron chi connectivity index (χ3n) is 5.79. The molecule has 1 saturated heterocycles. The number of rotatable bonds is 4. The average molecular weight is 436 g/mol.